The molecule has 1 saturated carbocycles. The molecule has 1 aliphatic carbocycles. The van der Waals surface area contributed by atoms with Gasteiger partial charge in [0.05, 0.1) is 12.6 Å². The van der Waals surface area contributed by atoms with E-state index in [1.807, 2.05) is 19.1 Å². The summed E-state index contributed by atoms with van der Waals surface area (Å²) in [5.74, 6) is 8.27. The molecule has 1 unspecified atom stereocenters. The Morgan fingerprint density at radius 2 is 1.95 bits per heavy atom. The van der Waals surface area contributed by atoms with Crippen LogP contribution in [-0.4, -0.2) is 6.61 Å². The molecule has 1 atom stereocenters. The van der Waals surface area contributed by atoms with Crippen molar-refractivity contribution in [3.63, 3.8) is 0 Å². The third-order valence-electron chi connectivity index (χ3n) is 4.27. The lowest BCUT2D eigenvalue weighted by atomic mass is 9.77. The highest BCUT2D eigenvalue weighted by Crippen LogP contribution is 2.39. The summed E-state index contributed by atoms with van der Waals surface area (Å²) in [5, 5.41) is 0. The number of para-hydroxylation sites is 1. The zero-order chi connectivity index (χ0) is 13.7. The van der Waals surface area contributed by atoms with E-state index in [0.29, 0.717) is 12.5 Å². The maximum atomic E-state index is 5.83. The van der Waals surface area contributed by atoms with Crippen LogP contribution >= 0.6 is 0 Å². The molecule has 0 heterocycles. The van der Waals surface area contributed by atoms with E-state index >= 15 is 0 Å². The number of rotatable bonds is 5. The summed E-state index contributed by atoms with van der Waals surface area (Å²) in [6, 6.07) is 8.45. The van der Waals surface area contributed by atoms with Crippen LogP contribution in [0.4, 0.5) is 0 Å². The fourth-order valence-electron chi connectivity index (χ4n) is 3.12. The highest BCUT2D eigenvalue weighted by molar-refractivity contribution is 5.36. The summed E-state index contributed by atoms with van der Waals surface area (Å²) in [7, 11) is 0. The van der Waals surface area contributed by atoms with Crippen LogP contribution in [0.3, 0.4) is 0 Å². The minimum Gasteiger partial charge on any atom is -0.494 e. The second-order valence-corrected chi connectivity index (χ2v) is 5.64. The lowest BCUT2D eigenvalue weighted by molar-refractivity contribution is 0.227. The van der Waals surface area contributed by atoms with Gasteiger partial charge in [-0.1, -0.05) is 38.0 Å². The second-order valence-electron chi connectivity index (χ2n) is 5.64. The Labute approximate surface area is 116 Å². The molecule has 19 heavy (non-hydrogen) atoms. The molecule has 0 aliphatic heterocycles. The molecule has 106 valence electrons. The molecule has 0 radical (unpaired) electrons. The van der Waals surface area contributed by atoms with E-state index in [0.717, 1.165) is 11.7 Å². The molecule has 1 aromatic carbocycles. The van der Waals surface area contributed by atoms with Gasteiger partial charge in [-0.3, -0.25) is 11.3 Å². The van der Waals surface area contributed by atoms with Gasteiger partial charge in [0.25, 0.3) is 0 Å². The smallest absolute Gasteiger partial charge is 0.124 e. The SMILES string of the molecule is CCOc1ccccc1C(NN)C1CCC(C)CC1. The average Bonchev–Trinajstić information content (AvgIpc) is 2.44. The molecule has 1 aliphatic rings. The van der Waals surface area contributed by atoms with Gasteiger partial charge >= 0.3 is 0 Å². The largest absolute Gasteiger partial charge is 0.494 e. The quantitative estimate of drug-likeness (QED) is 0.631. The highest BCUT2D eigenvalue weighted by Gasteiger charge is 2.28. The van der Waals surface area contributed by atoms with Crippen LogP contribution in [0.1, 0.15) is 51.1 Å². The minimum absolute atomic E-state index is 0.204. The highest BCUT2D eigenvalue weighted by atomic mass is 16.5. The lowest BCUT2D eigenvalue weighted by Gasteiger charge is -2.33. The molecule has 3 nitrogen and oxygen atoms in total. The summed E-state index contributed by atoms with van der Waals surface area (Å²) in [6.45, 7) is 5.05. The van der Waals surface area contributed by atoms with Gasteiger partial charge in [0.1, 0.15) is 5.75 Å². The topological polar surface area (TPSA) is 47.3 Å². The Morgan fingerprint density at radius 1 is 1.26 bits per heavy atom. The molecule has 0 bridgehead atoms. The first-order valence-electron chi connectivity index (χ1n) is 7.44. The van der Waals surface area contributed by atoms with Crippen LogP contribution in [0.2, 0.25) is 0 Å². The third-order valence-corrected chi connectivity index (χ3v) is 4.27. The number of hydrazine groups is 1. The van der Waals surface area contributed by atoms with Gasteiger partial charge in [-0.2, -0.15) is 0 Å². The summed E-state index contributed by atoms with van der Waals surface area (Å²) in [4.78, 5) is 0. The van der Waals surface area contributed by atoms with E-state index < -0.39 is 0 Å². The van der Waals surface area contributed by atoms with Crippen molar-refractivity contribution < 1.29 is 4.74 Å². The third kappa shape index (κ3) is 3.48. The van der Waals surface area contributed by atoms with Crippen LogP contribution < -0.4 is 16.0 Å². The number of hydrogen-bond donors (Lipinski definition) is 2. The Morgan fingerprint density at radius 3 is 2.58 bits per heavy atom. The number of nitrogens with one attached hydrogen (secondary N) is 1. The molecular formula is C16H26N2O. The van der Waals surface area contributed by atoms with Crippen LogP contribution in [0.15, 0.2) is 24.3 Å². The molecular weight excluding hydrogens is 236 g/mol. The molecule has 2 rings (SSSR count). The minimum atomic E-state index is 0.204. The number of nitrogens with two attached hydrogens (primary N) is 1. The molecule has 1 fully saturated rings. The lowest BCUT2D eigenvalue weighted by Crippen LogP contribution is -2.35. The monoisotopic (exact) mass is 262 g/mol. The van der Waals surface area contributed by atoms with Crippen molar-refractivity contribution in [3.8, 4) is 5.75 Å². The number of benzene rings is 1. The van der Waals surface area contributed by atoms with E-state index in [2.05, 4.69) is 24.5 Å². The predicted molar refractivity (Wildman–Crippen MR) is 78.8 cm³/mol. The van der Waals surface area contributed by atoms with E-state index in [1.54, 1.807) is 0 Å². The maximum absolute atomic E-state index is 5.83. The zero-order valence-corrected chi connectivity index (χ0v) is 12.1. The van der Waals surface area contributed by atoms with Gasteiger partial charge < -0.3 is 4.74 Å². The molecule has 0 spiro atoms. The van der Waals surface area contributed by atoms with Gasteiger partial charge in [0.15, 0.2) is 0 Å². The summed E-state index contributed by atoms with van der Waals surface area (Å²) in [5.41, 5.74) is 4.22. The van der Waals surface area contributed by atoms with Crippen LogP contribution in [0.25, 0.3) is 0 Å². The average molecular weight is 262 g/mol. The Hall–Kier alpha value is -1.06. The van der Waals surface area contributed by atoms with E-state index in [-0.39, 0.29) is 6.04 Å². The summed E-state index contributed by atoms with van der Waals surface area (Å²) >= 11 is 0. The van der Waals surface area contributed by atoms with Crippen LogP contribution in [0.5, 0.6) is 5.75 Å². The normalized spacial score (nSPS) is 25.0. The standard InChI is InChI=1S/C16H26N2O/c1-3-19-15-7-5-4-6-14(15)16(18-17)13-10-8-12(2)9-11-13/h4-7,12-13,16,18H,3,8-11,17H2,1-2H3. The first kappa shape index (κ1) is 14.4. The van der Waals surface area contributed by atoms with Gasteiger partial charge in [0, 0.05) is 5.56 Å². The van der Waals surface area contributed by atoms with Gasteiger partial charge in [-0.15, -0.1) is 0 Å². The molecule has 0 saturated heterocycles. The van der Waals surface area contributed by atoms with Crippen molar-refractivity contribution in [2.75, 3.05) is 6.61 Å². The molecule has 0 aromatic heterocycles. The first-order valence-corrected chi connectivity index (χ1v) is 7.44. The maximum Gasteiger partial charge on any atom is 0.124 e. The van der Waals surface area contributed by atoms with Crippen molar-refractivity contribution in [2.24, 2.45) is 17.7 Å². The molecule has 3 N–H and O–H groups in total. The van der Waals surface area contributed by atoms with Gasteiger partial charge in [0.2, 0.25) is 0 Å². The van der Waals surface area contributed by atoms with Crippen molar-refractivity contribution in [1.82, 2.24) is 5.43 Å². The predicted octanol–water partition coefficient (Wildman–Crippen LogP) is 3.42. The van der Waals surface area contributed by atoms with Gasteiger partial charge in [-0.05, 0) is 37.7 Å². The van der Waals surface area contributed by atoms with Crippen molar-refractivity contribution >= 4 is 0 Å². The van der Waals surface area contributed by atoms with Gasteiger partial charge in [-0.25, -0.2) is 0 Å². The molecule has 1 aromatic rings. The second kappa shape index (κ2) is 6.92. The number of hydrogen-bond acceptors (Lipinski definition) is 3. The van der Waals surface area contributed by atoms with E-state index in [1.165, 1.54) is 31.2 Å². The molecule has 0 amide bonds. The fourth-order valence-corrected chi connectivity index (χ4v) is 3.12. The zero-order valence-electron chi connectivity index (χ0n) is 12.1. The van der Waals surface area contributed by atoms with E-state index in [9.17, 15) is 0 Å². The fraction of sp³-hybridized carbons (Fsp3) is 0.625. The van der Waals surface area contributed by atoms with Crippen molar-refractivity contribution in [3.05, 3.63) is 29.8 Å². The van der Waals surface area contributed by atoms with Crippen LogP contribution in [-0.2, 0) is 0 Å². The van der Waals surface area contributed by atoms with Crippen molar-refractivity contribution in [2.45, 2.75) is 45.6 Å². The first-order chi connectivity index (χ1) is 9.26. The molecule has 3 heteroatoms. The Bertz CT molecular complexity index is 386. The number of ether oxygens (including phenoxy) is 1. The summed E-state index contributed by atoms with van der Waals surface area (Å²) < 4.78 is 5.74. The van der Waals surface area contributed by atoms with Crippen molar-refractivity contribution in [1.29, 1.82) is 0 Å². The van der Waals surface area contributed by atoms with Crippen LogP contribution in [0, 0.1) is 11.8 Å². The Balaban J connectivity index is 2.17. The summed E-state index contributed by atoms with van der Waals surface area (Å²) in [6.07, 6.45) is 5.10. The Kier molecular flexibility index (Phi) is 5.23. The van der Waals surface area contributed by atoms with E-state index in [4.69, 9.17) is 10.6 Å².